The lowest BCUT2D eigenvalue weighted by molar-refractivity contribution is 0.0994. The molecule has 0 radical (unpaired) electrons. The van der Waals surface area contributed by atoms with Gasteiger partial charge in [-0.1, -0.05) is 11.6 Å². The topological polar surface area (TPSA) is 93.6 Å². The van der Waals surface area contributed by atoms with Crippen molar-refractivity contribution in [1.29, 1.82) is 0 Å². The second kappa shape index (κ2) is 6.81. The number of aromatic nitrogens is 3. The van der Waals surface area contributed by atoms with Gasteiger partial charge in [-0.25, -0.2) is 14.4 Å². The van der Waals surface area contributed by atoms with Crippen LogP contribution in [0.2, 0.25) is 5.02 Å². The van der Waals surface area contributed by atoms with Crippen LogP contribution in [0.5, 0.6) is 0 Å². The third-order valence-corrected chi connectivity index (χ3v) is 4.93. The Labute approximate surface area is 152 Å². The summed E-state index contributed by atoms with van der Waals surface area (Å²) < 4.78 is 1.27. The lowest BCUT2D eigenvalue weighted by Crippen LogP contribution is -2.27. The molecule has 0 fully saturated rings. The van der Waals surface area contributed by atoms with Crippen LogP contribution in [0.1, 0.15) is 28.0 Å². The highest BCUT2D eigenvalue weighted by Gasteiger charge is 2.18. The fraction of sp³-hybridized carbons (Fsp3) is 0.250. The molecule has 130 valence electrons. The van der Waals surface area contributed by atoms with Crippen LogP contribution >= 0.6 is 22.9 Å². The minimum atomic E-state index is -0.638. The lowest BCUT2D eigenvalue weighted by atomic mass is 10.3. The Hall–Kier alpha value is -2.45. The number of rotatable bonds is 5. The number of amides is 1. The number of hydrogen-bond acceptors (Lipinski definition) is 6. The van der Waals surface area contributed by atoms with E-state index in [4.69, 9.17) is 17.3 Å². The van der Waals surface area contributed by atoms with Crippen molar-refractivity contribution in [2.75, 3.05) is 11.4 Å². The van der Waals surface area contributed by atoms with E-state index in [2.05, 4.69) is 9.97 Å². The van der Waals surface area contributed by atoms with Crippen LogP contribution in [0.4, 0.5) is 5.82 Å². The second-order valence-corrected chi connectivity index (χ2v) is 7.04. The van der Waals surface area contributed by atoms with E-state index in [0.29, 0.717) is 33.6 Å². The first-order valence-electron chi connectivity index (χ1n) is 7.59. The number of primary amides is 1. The molecule has 0 saturated heterocycles. The van der Waals surface area contributed by atoms with E-state index in [-0.39, 0.29) is 11.3 Å². The predicted molar refractivity (Wildman–Crippen MR) is 98.6 cm³/mol. The minimum Gasteiger partial charge on any atom is -0.364 e. The van der Waals surface area contributed by atoms with E-state index in [1.54, 1.807) is 19.2 Å². The molecule has 0 aromatic carbocycles. The summed E-state index contributed by atoms with van der Waals surface area (Å²) in [6, 6.07) is 5.00. The van der Waals surface area contributed by atoms with Gasteiger partial charge in [-0.3, -0.25) is 9.59 Å². The van der Waals surface area contributed by atoms with Gasteiger partial charge in [-0.15, -0.1) is 11.3 Å². The fourth-order valence-corrected chi connectivity index (χ4v) is 3.70. The van der Waals surface area contributed by atoms with Crippen molar-refractivity contribution in [3.05, 3.63) is 56.0 Å². The van der Waals surface area contributed by atoms with Crippen LogP contribution in [0.3, 0.4) is 0 Å². The zero-order valence-electron chi connectivity index (χ0n) is 13.7. The van der Waals surface area contributed by atoms with Crippen molar-refractivity contribution in [1.82, 2.24) is 14.4 Å². The molecule has 0 aliphatic carbocycles. The van der Waals surface area contributed by atoms with Gasteiger partial charge in [-0.2, -0.15) is 0 Å². The Morgan fingerprint density at radius 3 is 2.80 bits per heavy atom. The molecule has 0 atom stereocenters. The first kappa shape index (κ1) is 17.4. The minimum absolute atomic E-state index is 0.191. The largest absolute Gasteiger partial charge is 0.364 e. The molecule has 0 saturated carbocycles. The van der Waals surface area contributed by atoms with Gasteiger partial charge < -0.3 is 10.6 Å². The number of carbonyl (C=O) groups excluding carboxylic acids is 1. The average molecular weight is 378 g/mol. The van der Waals surface area contributed by atoms with Gasteiger partial charge in [0, 0.05) is 23.7 Å². The number of thiazole rings is 1. The third-order valence-electron chi connectivity index (χ3n) is 3.75. The van der Waals surface area contributed by atoms with Crippen molar-refractivity contribution >= 4 is 39.6 Å². The lowest BCUT2D eigenvalue weighted by Gasteiger charge is -2.21. The standard InChI is InChI=1S/C16H16ClN5O2S/c1-3-21(12-5-4-10(17)7-19-12)8-11-6-13(23)22-14(15(18)24)9(2)25-16(22)20-11/h4-7H,3,8H2,1-2H3,(H2,18,24). The first-order valence-corrected chi connectivity index (χ1v) is 8.78. The van der Waals surface area contributed by atoms with Crippen LogP contribution in [0.15, 0.2) is 29.2 Å². The van der Waals surface area contributed by atoms with Crippen LogP contribution in [-0.2, 0) is 6.54 Å². The van der Waals surface area contributed by atoms with E-state index < -0.39 is 5.91 Å². The van der Waals surface area contributed by atoms with Gasteiger partial charge in [-0.05, 0) is 26.0 Å². The smallest absolute Gasteiger partial charge is 0.266 e. The summed E-state index contributed by atoms with van der Waals surface area (Å²) in [5.74, 6) is 0.107. The molecule has 0 spiro atoms. The number of fused-ring (bicyclic) bond motifs is 1. The number of halogens is 1. The number of hydrogen-bond donors (Lipinski definition) is 1. The molecule has 3 aromatic heterocycles. The van der Waals surface area contributed by atoms with E-state index >= 15 is 0 Å². The number of aryl methyl sites for hydroxylation is 1. The Kier molecular flexibility index (Phi) is 4.73. The summed E-state index contributed by atoms with van der Waals surface area (Å²) in [5, 5.41) is 0.561. The van der Waals surface area contributed by atoms with Crippen molar-refractivity contribution < 1.29 is 4.79 Å². The zero-order chi connectivity index (χ0) is 18.1. The molecule has 25 heavy (non-hydrogen) atoms. The Balaban J connectivity index is 2.00. The van der Waals surface area contributed by atoms with Crippen molar-refractivity contribution in [3.63, 3.8) is 0 Å². The van der Waals surface area contributed by atoms with Gasteiger partial charge in [0.2, 0.25) is 0 Å². The summed E-state index contributed by atoms with van der Waals surface area (Å²) in [6.45, 7) is 4.84. The molecule has 0 aliphatic heterocycles. The van der Waals surface area contributed by atoms with Gasteiger partial charge in [0.15, 0.2) is 4.96 Å². The van der Waals surface area contributed by atoms with E-state index in [1.807, 2.05) is 17.9 Å². The molecule has 3 rings (SSSR count). The highest BCUT2D eigenvalue weighted by Crippen LogP contribution is 2.21. The van der Waals surface area contributed by atoms with Gasteiger partial charge in [0.25, 0.3) is 11.5 Å². The normalized spacial score (nSPS) is 11.0. The predicted octanol–water partition coefficient (Wildman–Crippen LogP) is 2.24. The fourth-order valence-electron chi connectivity index (χ4n) is 2.59. The molecule has 0 unspecified atom stereocenters. The van der Waals surface area contributed by atoms with Crippen LogP contribution < -0.4 is 16.2 Å². The van der Waals surface area contributed by atoms with E-state index in [1.165, 1.54) is 21.8 Å². The van der Waals surface area contributed by atoms with Crippen molar-refractivity contribution in [2.24, 2.45) is 5.73 Å². The van der Waals surface area contributed by atoms with Crippen LogP contribution in [0, 0.1) is 6.92 Å². The van der Waals surface area contributed by atoms with Gasteiger partial charge >= 0.3 is 0 Å². The molecule has 7 nitrogen and oxygen atoms in total. The third kappa shape index (κ3) is 3.35. The van der Waals surface area contributed by atoms with Gasteiger partial charge in [0.05, 0.1) is 17.3 Å². The maximum absolute atomic E-state index is 12.5. The Bertz CT molecular complexity index is 996. The maximum atomic E-state index is 12.5. The highest BCUT2D eigenvalue weighted by atomic mass is 35.5. The molecular weight excluding hydrogens is 362 g/mol. The molecule has 3 aromatic rings. The van der Waals surface area contributed by atoms with Crippen molar-refractivity contribution in [3.8, 4) is 0 Å². The van der Waals surface area contributed by atoms with Crippen LogP contribution in [0.25, 0.3) is 4.96 Å². The summed E-state index contributed by atoms with van der Waals surface area (Å²) in [6.07, 6.45) is 1.58. The molecular formula is C16H16ClN5O2S. The van der Waals surface area contributed by atoms with Crippen molar-refractivity contribution in [2.45, 2.75) is 20.4 Å². The zero-order valence-corrected chi connectivity index (χ0v) is 15.3. The first-order chi connectivity index (χ1) is 11.9. The number of carbonyl (C=O) groups is 1. The summed E-state index contributed by atoms with van der Waals surface area (Å²) >= 11 is 7.14. The maximum Gasteiger partial charge on any atom is 0.266 e. The Morgan fingerprint density at radius 1 is 1.44 bits per heavy atom. The molecule has 9 heteroatoms. The van der Waals surface area contributed by atoms with E-state index in [0.717, 1.165) is 5.82 Å². The summed E-state index contributed by atoms with van der Waals surface area (Å²) in [4.78, 5) is 35.9. The SMILES string of the molecule is CCN(Cc1cc(=O)n2c(C(N)=O)c(C)sc2n1)c1ccc(Cl)cn1. The quantitative estimate of drug-likeness (QED) is 0.735. The molecule has 2 N–H and O–H groups in total. The number of nitrogens with zero attached hydrogens (tertiary/aromatic N) is 4. The Morgan fingerprint density at radius 2 is 2.20 bits per heavy atom. The monoisotopic (exact) mass is 377 g/mol. The summed E-state index contributed by atoms with van der Waals surface area (Å²) in [7, 11) is 0. The van der Waals surface area contributed by atoms with Crippen LogP contribution in [-0.4, -0.2) is 26.8 Å². The number of nitrogens with two attached hydrogens (primary N) is 1. The molecule has 3 heterocycles. The second-order valence-electron chi connectivity index (χ2n) is 5.42. The molecule has 0 bridgehead atoms. The molecule has 1 amide bonds. The van der Waals surface area contributed by atoms with Gasteiger partial charge in [0.1, 0.15) is 11.5 Å². The molecule has 0 aliphatic rings. The highest BCUT2D eigenvalue weighted by molar-refractivity contribution is 7.17. The number of pyridine rings is 1. The number of anilines is 1. The average Bonchev–Trinajstić information content (AvgIpc) is 2.90. The summed E-state index contributed by atoms with van der Waals surface area (Å²) in [5.41, 5.74) is 5.84. The van der Waals surface area contributed by atoms with E-state index in [9.17, 15) is 9.59 Å².